The van der Waals surface area contributed by atoms with Crippen molar-refractivity contribution in [3.8, 4) is 0 Å². The van der Waals surface area contributed by atoms with Crippen molar-refractivity contribution in [1.29, 1.82) is 0 Å². The number of allylic oxidation sites excluding steroid dienone is 10. The van der Waals surface area contributed by atoms with Gasteiger partial charge in [0, 0.05) is 0 Å². The molecule has 0 heterocycles. The normalized spacial score (nSPS) is 13.0. The van der Waals surface area contributed by atoms with Gasteiger partial charge in [-0.1, -0.05) is 93.9 Å². The van der Waals surface area contributed by atoms with Crippen molar-refractivity contribution in [3.05, 3.63) is 67.7 Å². The Morgan fingerprint density at radius 3 is 1.45 bits per heavy atom. The van der Waals surface area contributed by atoms with E-state index in [0.29, 0.717) is 0 Å². The summed E-state index contributed by atoms with van der Waals surface area (Å²) in [5.41, 5.74) is 0. The molecule has 0 atom stereocenters. The van der Waals surface area contributed by atoms with Gasteiger partial charge in [0.2, 0.25) is 0 Å². The Kier molecular flexibility index (Phi) is 18.5. The standard InChI is InChI=1S/C22H35/c1-3-5-7-9-11-13-15-17-19-21-22-20-18-16-14-12-10-8-6-4-2/h6,8,12-15,18-21H,1,3-5,7,9-11,16-17,22H2,2H3/b8-6?,14-12?,15-13-,20-18?,21-19?. The summed E-state index contributed by atoms with van der Waals surface area (Å²) in [5.74, 6) is 0. The predicted molar refractivity (Wildman–Crippen MR) is 103 cm³/mol. The quantitative estimate of drug-likeness (QED) is 0.230. The van der Waals surface area contributed by atoms with Gasteiger partial charge >= 0.3 is 0 Å². The molecule has 0 aliphatic rings. The summed E-state index contributed by atoms with van der Waals surface area (Å²) in [5, 5.41) is 0. The van der Waals surface area contributed by atoms with Crippen LogP contribution in [-0.2, 0) is 0 Å². The fraction of sp³-hybridized carbons (Fsp3) is 0.500. The van der Waals surface area contributed by atoms with Gasteiger partial charge in [-0.05, 0) is 44.9 Å². The Morgan fingerprint density at radius 2 is 1.00 bits per heavy atom. The molecule has 0 nitrogen and oxygen atoms in total. The lowest BCUT2D eigenvalue weighted by atomic mass is 10.1. The zero-order chi connectivity index (χ0) is 16.1. The molecule has 0 N–H and O–H groups in total. The first-order valence-electron chi connectivity index (χ1n) is 8.96. The smallest absolute Gasteiger partial charge is 0.0169 e. The summed E-state index contributed by atoms with van der Waals surface area (Å²) in [4.78, 5) is 0. The minimum Gasteiger partial charge on any atom is -0.0885 e. The maximum Gasteiger partial charge on any atom is -0.0169 e. The molecule has 0 aliphatic heterocycles. The van der Waals surface area contributed by atoms with Crippen LogP contribution in [0.25, 0.3) is 0 Å². The molecule has 22 heavy (non-hydrogen) atoms. The first-order chi connectivity index (χ1) is 10.9. The van der Waals surface area contributed by atoms with E-state index in [1.165, 1.54) is 25.7 Å². The van der Waals surface area contributed by atoms with Crippen LogP contribution < -0.4 is 0 Å². The van der Waals surface area contributed by atoms with E-state index < -0.39 is 0 Å². The number of rotatable bonds is 14. The van der Waals surface area contributed by atoms with Crippen molar-refractivity contribution in [2.24, 2.45) is 0 Å². The summed E-state index contributed by atoms with van der Waals surface area (Å²) >= 11 is 0. The fourth-order valence-electron chi connectivity index (χ4n) is 1.98. The van der Waals surface area contributed by atoms with Crippen LogP contribution in [0.4, 0.5) is 0 Å². The molecule has 1 radical (unpaired) electrons. The molecule has 0 unspecified atom stereocenters. The molecule has 0 amide bonds. The van der Waals surface area contributed by atoms with Gasteiger partial charge in [-0.15, -0.1) is 0 Å². The molecule has 0 spiro atoms. The summed E-state index contributed by atoms with van der Waals surface area (Å²) < 4.78 is 0. The van der Waals surface area contributed by atoms with E-state index in [2.05, 4.69) is 74.6 Å². The van der Waals surface area contributed by atoms with Gasteiger partial charge in [-0.3, -0.25) is 0 Å². The average Bonchev–Trinajstić information content (AvgIpc) is 2.54. The van der Waals surface area contributed by atoms with E-state index >= 15 is 0 Å². The van der Waals surface area contributed by atoms with Crippen molar-refractivity contribution in [1.82, 2.24) is 0 Å². The molecule has 0 aromatic carbocycles. The highest BCUT2D eigenvalue weighted by molar-refractivity contribution is 5.00. The third kappa shape index (κ3) is 18.7. The van der Waals surface area contributed by atoms with Gasteiger partial charge in [0.1, 0.15) is 0 Å². The zero-order valence-corrected chi connectivity index (χ0v) is 14.6. The van der Waals surface area contributed by atoms with Crippen LogP contribution in [-0.4, -0.2) is 0 Å². The summed E-state index contributed by atoms with van der Waals surface area (Å²) in [7, 11) is 0. The summed E-state index contributed by atoms with van der Waals surface area (Å²) in [6, 6.07) is 0. The molecule has 0 rings (SSSR count). The molecule has 0 fully saturated rings. The molecule has 0 saturated carbocycles. The van der Waals surface area contributed by atoms with Crippen LogP contribution in [0.15, 0.2) is 60.8 Å². The van der Waals surface area contributed by atoms with Crippen LogP contribution in [0.2, 0.25) is 0 Å². The van der Waals surface area contributed by atoms with E-state index in [-0.39, 0.29) is 0 Å². The molecule has 0 heteroatoms. The molecule has 123 valence electrons. The zero-order valence-electron chi connectivity index (χ0n) is 14.6. The summed E-state index contributed by atoms with van der Waals surface area (Å²) in [6.07, 6.45) is 34.0. The van der Waals surface area contributed by atoms with Crippen molar-refractivity contribution < 1.29 is 0 Å². The monoisotopic (exact) mass is 299 g/mol. The van der Waals surface area contributed by atoms with Gasteiger partial charge in [0.25, 0.3) is 0 Å². The van der Waals surface area contributed by atoms with Crippen LogP contribution in [0.1, 0.15) is 71.1 Å². The van der Waals surface area contributed by atoms with E-state index in [9.17, 15) is 0 Å². The maximum atomic E-state index is 3.86. The molecular weight excluding hydrogens is 264 g/mol. The Morgan fingerprint density at radius 1 is 0.545 bits per heavy atom. The van der Waals surface area contributed by atoms with Crippen molar-refractivity contribution in [2.75, 3.05) is 0 Å². The lowest BCUT2D eigenvalue weighted by molar-refractivity contribution is 0.694. The maximum absolute atomic E-state index is 3.86. The lowest BCUT2D eigenvalue weighted by Gasteiger charge is -1.93. The molecule has 0 aromatic rings. The van der Waals surface area contributed by atoms with E-state index in [0.717, 1.165) is 38.5 Å². The first kappa shape index (κ1) is 20.7. The van der Waals surface area contributed by atoms with E-state index in [1.807, 2.05) is 0 Å². The minimum atomic E-state index is 1.04. The Bertz CT molecular complexity index is 339. The van der Waals surface area contributed by atoms with Crippen LogP contribution >= 0.6 is 0 Å². The van der Waals surface area contributed by atoms with Crippen LogP contribution in [0.3, 0.4) is 0 Å². The summed E-state index contributed by atoms with van der Waals surface area (Å²) in [6.45, 7) is 6.03. The van der Waals surface area contributed by atoms with Crippen LogP contribution in [0.5, 0.6) is 0 Å². The van der Waals surface area contributed by atoms with Crippen molar-refractivity contribution in [3.63, 3.8) is 0 Å². The topological polar surface area (TPSA) is 0 Å². The first-order valence-corrected chi connectivity index (χ1v) is 8.96. The average molecular weight is 300 g/mol. The molecule has 0 saturated heterocycles. The molecule has 0 aliphatic carbocycles. The van der Waals surface area contributed by atoms with Gasteiger partial charge in [-0.2, -0.15) is 0 Å². The minimum absolute atomic E-state index is 1.04. The third-order valence-corrected chi connectivity index (χ3v) is 3.28. The Balaban J connectivity index is 3.40. The van der Waals surface area contributed by atoms with Gasteiger partial charge < -0.3 is 0 Å². The largest absolute Gasteiger partial charge is 0.0885 e. The highest BCUT2D eigenvalue weighted by Crippen LogP contribution is 2.03. The fourth-order valence-corrected chi connectivity index (χ4v) is 1.98. The van der Waals surface area contributed by atoms with Crippen molar-refractivity contribution in [2.45, 2.75) is 71.1 Å². The van der Waals surface area contributed by atoms with E-state index in [4.69, 9.17) is 0 Å². The lowest BCUT2D eigenvalue weighted by Crippen LogP contribution is -1.73. The second kappa shape index (κ2) is 19.7. The van der Waals surface area contributed by atoms with E-state index in [1.54, 1.807) is 0 Å². The van der Waals surface area contributed by atoms with Gasteiger partial charge in [0.15, 0.2) is 0 Å². The molecular formula is C22H35. The SMILES string of the molecule is [CH2]CCCCC/C=C\CC=CCC=CCC=CCC=CCC. The second-order valence-corrected chi connectivity index (χ2v) is 5.41. The van der Waals surface area contributed by atoms with Gasteiger partial charge in [0.05, 0.1) is 0 Å². The van der Waals surface area contributed by atoms with Crippen molar-refractivity contribution >= 4 is 0 Å². The Hall–Kier alpha value is -1.30. The highest BCUT2D eigenvalue weighted by Gasteiger charge is 1.83. The third-order valence-electron chi connectivity index (χ3n) is 3.28. The number of unbranched alkanes of at least 4 members (excludes halogenated alkanes) is 4. The Labute approximate surface area is 139 Å². The number of hydrogen-bond donors (Lipinski definition) is 0. The predicted octanol–water partition coefficient (Wildman–Crippen LogP) is 7.52. The molecule has 0 bridgehead atoms. The van der Waals surface area contributed by atoms with Crippen LogP contribution in [0, 0.1) is 6.92 Å². The highest BCUT2D eigenvalue weighted by atomic mass is 13.9. The number of hydrogen-bond acceptors (Lipinski definition) is 0. The van der Waals surface area contributed by atoms with Gasteiger partial charge in [-0.25, -0.2) is 0 Å². The molecule has 0 aromatic heterocycles. The second-order valence-electron chi connectivity index (χ2n) is 5.41.